The van der Waals surface area contributed by atoms with Crippen LogP contribution < -0.4 is 5.32 Å². The highest BCUT2D eigenvalue weighted by atomic mass is 35.5. The van der Waals surface area contributed by atoms with Crippen molar-refractivity contribution < 1.29 is 9.53 Å². The summed E-state index contributed by atoms with van der Waals surface area (Å²) in [7, 11) is 0. The van der Waals surface area contributed by atoms with Crippen LogP contribution in [0.2, 0.25) is 5.02 Å². The van der Waals surface area contributed by atoms with E-state index in [4.69, 9.17) is 16.3 Å². The molecule has 0 aliphatic rings. The number of halogens is 1. The van der Waals surface area contributed by atoms with Crippen LogP contribution in [0.1, 0.15) is 28.9 Å². The van der Waals surface area contributed by atoms with Crippen molar-refractivity contribution in [1.29, 1.82) is 0 Å². The van der Waals surface area contributed by atoms with Crippen molar-refractivity contribution in [3.8, 4) is 11.4 Å². The monoisotopic (exact) mass is 520 g/mol. The van der Waals surface area contributed by atoms with E-state index in [0.717, 1.165) is 27.9 Å². The molecule has 0 unspecified atom stereocenters. The van der Waals surface area contributed by atoms with E-state index < -0.39 is 5.25 Å². The molecule has 0 saturated carbocycles. The van der Waals surface area contributed by atoms with E-state index in [1.807, 2.05) is 98.1 Å². The Balaban J connectivity index is 1.69. The molecule has 0 radical (unpaired) electrons. The minimum absolute atomic E-state index is 0.118. The molecule has 3 aromatic carbocycles. The first kappa shape index (κ1) is 25.9. The van der Waals surface area contributed by atoms with Gasteiger partial charge in [0.25, 0.3) is 0 Å². The molecule has 0 saturated heterocycles. The predicted molar refractivity (Wildman–Crippen MR) is 147 cm³/mol. The Hall–Kier alpha value is -3.13. The summed E-state index contributed by atoms with van der Waals surface area (Å²) in [4.78, 5) is 13.6. The SMILES string of the molecule is CCOCCn1c(S[C@@H](C(=O)Nc2cc(C)ccc2C)c2ccccc2)nnc1-c1ccc(Cl)cc1. The Labute approximate surface area is 221 Å². The fourth-order valence-corrected chi connectivity index (χ4v) is 4.95. The van der Waals surface area contributed by atoms with Crippen molar-refractivity contribution >= 4 is 35.0 Å². The Morgan fingerprint density at radius 2 is 1.81 bits per heavy atom. The van der Waals surface area contributed by atoms with Crippen LogP contribution in [0.25, 0.3) is 11.4 Å². The summed E-state index contributed by atoms with van der Waals surface area (Å²) in [5, 5.41) is 12.9. The third kappa shape index (κ3) is 6.35. The zero-order chi connectivity index (χ0) is 25.5. The standard InChI is InChI=1S/C28H29ClN4O2S/c1-4-35-17-16-33-26(22-12-14-23(29)15-13-22)31-32-28(33)36-25(21-8-6-5-7-9-21)27(34)30-24-18-19(2)10-11-20(24)3/h5-15,18,25H,4,16-17H2,1-3H3,(H,30,34)/t25-/m1/s1. The van der Waals surface area contributed by atoms with Gasteiger partial charge in [-0.15, -0.1) is 10.2 Å². The van der Waals surface area contributed by atoms with Gasteiger partial charge in [0.05, 0.1) is 13.2 Å². The number of aromatic nitrogens is 3. The highest BCUT2D eigenvalue weighted by Gasteiger charge is 2.26. The Morgan fingerprint density at radius 1 is 1.06 bits per heavy atom. The summed E-state index contributed by atoms with van der Waals surface area (Å²) in [5.74, 6) is 0.586. The first-order valence-electron chi connectivity index (χ1n) is 11.8. The van der Waals surface area contributed by atoms with Gasteiger partial charge in [-0.2, -0.15) is 0 Å². The van der Waals surface area contributed by atoms with Crippen LogP contribution in [0, 0.1) is 13.8 Å². The van der Waals surface area contributed by atoms with Crippen LogP contribution in [0.4, 0.5) is 5.69 Å². The molecule has 36 heavy (non-hydrogen) atoms. The van der Waals surface area contributed by atoms with Gasteiger partial charge in [0.15, 0.2) is 11.0 Å². The van der Waals surface area contributed by atoms with Crippen molar-refractivity contribution in [2.45, 2.75) is 37.7 Å². The second kappa shape index (κ2) is 12.2. The molecular weight excluding hydrogens is 492 g/mol. The molecule has 4 rings (SSSR count). The van der Waals surface area contributed by atoms with E-state index in [9.17, 15) is 4.79 Å². The molecule has 1 aromatic heterocycles. The minimum atomic E-state index is -0.528. The molecule has 8 heteroatoms. The first-order chi connectivity index (χ1) is 17.5. The molecule has 4 aromatic rings. The maximum atomic E-state index is 13.6. The fourth-order valence-electron chi connectivity index (χ4n) is 3.77. The molecule has 1 amide bonds. The lowest BCUT2D eigenvalue weighted by Crippen LogP contribution is -2.20. The Bertz CT molecular complexity index is 1310. The molecule has 0 spiro atoms. The quantitative estimate of drug-likeness (QED) is 0.185. The number of amides is 1. The molecular formula is C28H29ClN4O2S. The van der Waals surface area contributed by atoms with Crippen molar-refractivity contribution in [3.63, 3.8) is 0 Å². The molecule has 1 atom stereocenters. The Morgan fingerprint density at radius 3 is 2.53 bits per heavy atom. The number of aryl methyl sites for hydroxylation is 2. The van der Waals surface area contributed by atoms with E-state index in [1.54, 1.807) is 0 Å². The summed E-state index contributed by atoms with van der Waals surface area (Å²) in [6.07, 6.45) is 0. The van der Waals surface area contributed by atoms with Crippen LogP contribution in [0.3, 0.4) is 0 Å². The van der Waals surface area contributed by atoms with Crippen LogP contribution in [0.15, 0.2) is 78.0 Å². The average Bonchev–Trinajstić information content (AvgIpc) is 3.28. The molecule has 186 valence electrons. The number of anilines is 1. The van der Waals surface area contributed by atoms with Gasteiger partial charge >= 0.3 is 0 Å². The normalized spacial score (nSPS) is 11.9. The predicted octanol–water partition coefficient (Wildman–Crippen LogP) is 6.72. The summed E-state index contributed by atoms with van der Waals surface area (Å²) in [6, 6.07) is 23.3. The lowest BCUT2D eigenvalue weighted by molar-refractivity contribution is -0.115. The third-order valence-corrected chi connectivity index (χ3v) is 7.18. The second-order valence-corrected chi connectivity index (χ2v) is 9.89. The summed E-state index contributed by atoms with van der Waals surface area (Å²) in [5.41, 5.74) is 4.68. The number of carbonyl (C=O) groups is 1. The van der Waals surface area contributed by atoms with Gasteiger partial charge in [0, 0.05) is 22.9 Å². The minimum Gasteiger partial charge on any atom is -0.380 e. The number of ether oxygens (including phenoxy) is 1. The first-order valence-corrected chi connectivity index (χ1v) is 13.1. The molecule has 1 heterocycles. The van der Waals surface area contributed by atoms with Gasteiger partial charge < -0.3 is 10.1 Å². The molecule has 1 N–H and O–H groups in total. The van der Waals surface area contributed by atoms with E-state index in [2.05, 4.69) is 15.5 Å². The zero-order valence-corrected chi connectivity index (χ0v) is 22.1. The topological polar surface area (TPSA) is 69.0 Å². The highest BCUT2D eigenvalue weighted by molar-refractivity contribution is 8.00. The molecule has 0 aliphatic heterocycles. The summed E-state index contributed by atoms with van der Waals surface area (Å²) in [6.45, 7) is 7.64. The van der Waals surface area contributed by atoms with Crippen molar-refractivity contribution in [3.05, 3.63) is 94.5 Å². The summed E-state index contributed by atoms with van der Waals surface area (Å²) < 4.78 is 7.63. The van der Waals surface area contributed by atoms with E-state index >= 15 is 0 Å². The van der Waals surface area contributed by atoms with E-state index in [-0.39, 0.29) is 5.91 Å². The molecule has 0 aliphatic carbocycles. The van der Waals surface area contributed by atoms with Crippen LogP contribution >= 0.6 is 23.4 Å². The number of thioether (sulfide) groups is 1. The molecule has 0 bridgehead atoms. The van der Waals surface area contributed by atoms with E-state index in [0.29, 0.717) is 35.8 Å². The summed E-state index contributed by atoms with van der Waals surface area (Å²) >= 11 is 7.47. The highest BCUT2D eigenvalue weighted by Crippen LogP contribution is 2.37. The van der Waals surface area contributed by atoms with Crippen molar-refractivity contribution in [1.82, 2.24) is 14.8 Å². The maximum absolute atomic E-state index is 13.6. The number of benzene rings is 3. The maximum Gasteiger partial charge on any atom is 0.242 e. The lowest BCUT2D eigenvalue weighted by atomic mass is 10.1. The van der Waals surface area contributed by atoms with Crippen LogP contribution in [0.5, 0.6) is 0 Å². The smallest absolute Gasteiger partial charge is 0.242 e. The third-order valence-electron chi connectivity index (χ3n) is 5.70. The van der Waals surface area contributed by atoms with Gasteiger partial charge in [-0.25, -0.2) is 0 Å². The number of carbonyl (C=O) groups excluding carboxylic acids is 1. The molecule has 6 nitrogen and oxygen atoms in total. The molecule has 0 fully saturated rings. The number of rotatable bonds is 10. The van der Waals surface area contributed by atoms with Crippen LogP contribution in [-0.4, -0.2) is 33.9 Å². The van der Waals surface area contributed by atoms with Gasteiger partial charge in [-0.05, 0) is 67.8 Å². The Kier molecular flexibility index (Phi) is 8.80. The van der Waals surface area contributed by atoms with Gasteiger partial charge in [-0.3, -0.25) is 9.36 Å². The average molecular weight is 521 g/mol. The zero-order valence-electron chi connectivity index (χ0n) is 20.6. The number of hydrogen-bond donors (Lipinski definition) is 1. The van der Waals surface area contributed by atoms with Crippen molar-refractivity contribution in [2.75, 3.05) is 18.5 Å². The fraction of sp³-hybridized carbons (Fsp3) is 0.250. The number of nitrogens with zero attached hydrogens (tertiary/aromatic N) is 3. The largest absolute Gasteiger partial charge is 0.380 e. The number of nitrogens with one attached hydrogen (secondary N) is 1. The van der Waals surface area contributed by atoms with Crippen LogP contribution in [-0.2, 0) is 16.1 Å². The van der Waals surface area contributed by atoms with Gasteiger partial charge in [0.1, 0.15) is 5.25 Å². The van der Waals surface area contributed by atoms with Crippen molar-refractivity contribution in [2.24, 2.45) is 0 Å². The number of hydrogen-bond acceptors (Lipinski definition) is 5. The van der Waals surface area contributed by atoms with Gasteiger partial charge in [-0.1, -0.05) is 65.8 Å². The van der Waals surface area contributed by atoms with E-state index in [1.165, 1.54) is 11.8 Å². The second-order valence-electron chi connectivity index (χ2n) is 8.38. The lowest BCUT2D eigenvalue weighted by Gasteiger charge is -2.19. The van der Waals surface area contributed by atoms with Gasteiger partial charge in [0.2, 0.25) is 5.91 Å².